The molecular formula is C23H20ClF2N7O4. The van der Waals surface area contributed by atoms with Crippen LogP contribution in [-0.4, -0.2) is 66.0 Å². The van der Waals surface area contributed by atoms with Gasteiger partial charge in [-0.2, -0.15) is 0 Å². The van der Waals surface area contributed by atoms with Gasteiger partial charge in [0.1, 0.15) is 12.2 Å². The second-order valence-corrected chi connectivity index (χ2v) is 8.69. The summed E-state index contributed by atoms with van der Waals surface area (Å²) in [7, 11) is 1.38. The largest absolute Gasteiger partial charge is 0.387 e. The van der Waals surface area contributed by atoms with Crippen LogP contribution in [0, 0.1) is 11.6 Å². The SMILES string of the molecule is CNC(=O)[C@H]1O[C@@H](n2cnc3c(NCc4ccc(F)c(F)c4)nc(-c4cncc(Cl)c4)nc32)[C@H](O)[C@@H]1O. The van der Waals surface area contributed by atoms with Gasteiger partial charge >= 0.3 is 0 Å². The van der Waals surface area contributed by atoms with Gasteiger partial charge in [0.15, 0.2) is 46.8 Å². The number of aliphatic hydroxyl groups is 2. The second kappa shape index (κ2) is 9.94. The number of aromatic nitrogens is 5. The second-order valence-electron chi connectivity index (χ2n) is 8.26. The predicted octanol–water partition coefficient (Wildman–Crippen LogP) is 1.80. The minimum absolute atomic E-state index is 0.0728. The number of hydrogen-bond acceptors (Lipinski definition) is 9. The van der Waals surface area contributed by atoms with E-state index in [9.17, 15) is 23.8 Å². The molecule has 1 amide bonds. The fourth-order valence-corrected chi connectivity index (χ4v) is 4.15. The van der Waals surface area contributed by atoms with Crippen molar-refractivity contribution in [2.75, 3.05) is 12.4 Å². The molecule has 4 atom stereocenters. The van der Waals surface area contributed by atoms with Crippen LogP contribution in [0.25, 0.3) is 22.6 Å². The summed E-state index contributed by atoms with van der Waals surface area (Å²) in [6.07, 6.45) is -1.20. The molecule has 0 radical (unpaired) electrons. The van der Waals surface area contributed by atoms with E-state index >= 15 is 0 Å². The Hall–Kier alpha value is -3.78. The molecule has 37 heavy (non-hydrogen) atoms. The number of pyridine rings is 1. The number of ether oxygens (including phenoxy) is 1. The van der Waals surface area contributed by atoms with Gasteiger partial charge < -0.3 is 25.6 Å². The highest BCUT2D eigenvalue weighted by molar-refractivity contribution is 6.30. The first-order chi connectivity index (χ1) is 17.8. The molecule has 14 heteroatoms. The van der Waals surface area contributed by atoms with Crippen LogP contribution >= 0.6 is 11.6 Å². The molecule has 0 spiro atoms. The molecule has 3 aromatic heterocycles. The molecule has 4 aromatic rings. The van der Waals surface area contributed by atoms with Crippen LogP contribution in [0.5, 0.6) is 0 Å². The number of carbonyl (C=O) groups is 1. The summed E-state index contributed by atoms with van der Waals surface area (Å²) in [6.45, 7) is 0.0728. The number of carbonyl (C=O) groups excluding carboxylic acids is 1. The Balaban J connectivity index is 1.57. The summed E-state index contributed by atoms with van der Waals surface area (Å²) in [6, 6.07) is 5.10. The molecule has 1 saturated heterocycles. The predicted molar refractivity (Wildman–Crippen MR) is 127 cm³/mol. The van der Waals surface area contributed by atoms with E-state index in [4.69, 9.17) is 16.3 Å². The van der Waals surface area contributed by atoms with Gasteiger partial charge in [-0.1, -0.05) is 17.7 Å². The Kier molecular flexibility index (Phi) is 6.69. The van der Waals surface area contributed by atoms with Gasteiger partial charge in [-0.15, -0.1) is 0 Å². The quantitative estimate of drug-likeness (QED) is 0.292. The fraction of sp³-hybridized carbons (Fsp3) is 0.261. The van der Waals surface area contributed by atoms with Crippen molar-refractivity contribution in [1.82, 2.24) is 29.8 Å². The molecule has 0 bridgehead atoms. The third-order valence-corrected chi connectivity index (χ3v) is 6.05. The topological polar surface area (TPSA) is 147 Å². The van der Waals surface area contributed by atoms with E-state index < -0.39 is 42.1 Å². The first-order valence-corrected chi connectivity index (χ1v) is 11.4. The number of benzene rings is 1. The van der Waals surface area contributed by atoms with E-state index in [0.717, 1.165) is 12.1 Å². The van der Waals surface area contributed by atoms with Gasteiger partial charge in [-0.3, -0.25) is 14.3 Å². The number of hydrogen-bond donors (Lipinski definition) is 4. The molecule has 1 aromatic carbocycles. The van der Waals surface area contributed by atoms with Crippen LogP contribution in [-0.2, 0) is 16.1 Å². The third-order valence-electron chi connectivity index (χ3n) is 5.85. The Bertz CT molecular complexity index is 1490. The van der Waals surface area contributed by atoms with Crippen molar-refractivity contribution in [3.8, 4) is 11.4 Å². The van der Waals surface area contributed by atoms with Crippen molar-refractivity contribution in [2.24, 2.45) is 0 Å². The van der Waals surface area contributed by atoms with Crippen molar-refractivity contribution in [3.63, 3.8) is 0 Å². The first kappa shape index (κ1) is 24.9. The van der Waals surface area contributed by atoms with E-state index in [1.807, 2.05) is 0 Å². The highest BCUT2D eigenvalue weighted by Gasteiger charge is 2.47. The number of halogens is 3. The zero-order valence-corrected chi connectivity index (χ0v) is 19.9. The summed E-state index contributed by atoms with van der Waals surface area (Å²) in [4.78, 5) is 29.6. The smallest absolute Gasteiger partial charge is 0.251 e. The Morgan fingerprint density at radius 3 is 2.70 bits per heavy atom. The first-order valence-electron chi connectivity index (χ1n) is 11.0. The molecule has 11 nitrogen and oxygen atoms in total. The zero-order valence-electron chi connectivity index (χ0n) is 19.1. The van der Waals surface area contributed by atoms with E-state index in [-0.39, 0.29) is 29.4 Å². The van der Waals surface area contributed by atoms with Gasteiger partial charge in [0.05, 0.1) is 11.3 Å². The number of nitrogens with zero attached hydrogens (tertiary/aromatic N) is 5. The number of anilines is 1. The molecule has 1 fully saturated rings. The molecule has 4 N–H and O–H groups in total. The Morgan fingerprint density at radius 2 is 1.97 bits per heavy atom. The number of fused-ring (bicyclic) bond motifs is 1. The van der Waals surface area contributed by atoms with Gasteiger partial charge in [-0.25, -0.2) is 23.7 Å². The normalized spacial score (nSPS) is 21.4. The maximum atomic E-state index is 13.7. The van der Waals surface area contributed by atoms with Crippen molar-refractivity contribution >= 4 is 34.5 Å². The van der Waals surface area contributed by atoms with E-state index in [2.05, 4.69) is 30.6 Å². The molecule has 0 aliphatic carbocycles. The summed E-state index contributed by atoms with van der Waals surface area (Å²) in [5.74, 6) is -2.13. The summed E-state index contributed by atoms with van der Waals surface area (Å²) in [5, 5.41) is 26.8. The fourth-order valence-electron chi connectivity index (χ4n) is 3.97. The maximum absolute atomic E-state index is 13.7. The van der Waals surface area contributed by atoms with Gasteiger partial charge in [0.2, 0.25) is 0 Å². The van der Waals surface area contributed by atoms with Crippen molar-refractivity contribution in [1.29, 1.82) is 0 Å². The lowest BCUT2D eigenvalue weighted by atomic mass is 10.1. The van der Waals surface area contributed by atoms with Crippen LogP contribution < -0.4 is 10.6 Å². The van der Waals surface area contributed by atoms with E-state index in [0.29, 0.717) is 16.1 Å². The Labute approximate surface area is 213 Å². The lowest BCUT2D eigenvalue weighted by Gasteiger charge is -2.17. The number of likely N-dealkylation sites (N-methyl/N-ethyl adjacent to an activating group) is 1. The van der Waals surface area contributed by atoms with Crippen LogP contribution in [0.15, 0.2) is 43.0 Å². The molecule has 1 aliphatic heterocycles. The average Bonchev–Trinajstić information content (AvgIpc) is 3.44. The Morgan fingerprint density at radius 1 is 1.16 bits per heavy atom. The monoisotopic (exact) mass is 531 g/mol. The van der Waals surface area contributed by atoms with Gasteiger partial charge in [-0.05, 0) is 23.8 Å². The number of imidazole rings is 1. The summed E-state index contributed by atoms with van der Waals surface area (Å²) < 4.78 is 34.1. The molecule has 4 heterocycles. The van der Waals surface area contributed by atoms with Gasteiger partial charge in [0.25, 0.3) is 5.91 Å². The molecule has 0 unspecified atom stereocenters. The van der Waals surface area contributed by atoms with E-state index in [1.54, 1.807) is 6.07 Å². The number of nitrogens with one attached hydrogen (secondary N) is 2. The zero-order chi connectivity index (χ0) is 26.3. The molecule has 1 aliphatic rings. The lowest BCUT2D eigenvalue weighted by Crippen LogP contribution is -2.41. The van der Waals surface area contributed by atoms with Gasteiger partial charge in [0, 0.05) is 31.5 Å². The summed E-state index contributed by atoms with van der Waals surface area (Å²) in [5.41, 5.74) is 1.37. The highest BCUT2D eigenvalue weighted by atomic mass is 35.5. The standard InChI is InChI=1S/C23H20ClF2N7O4/c1-27-22(36)18-16(34)17(35)23(37-18)33-9-30-15-20(29-6-10-2-3-13(25)14(26)4-10)31-19(32-21(15)33)11-5-12(24)8-28-7-11/h2-5,7-9,16-18,23,34-35H,6H2,1H3,(H,27,36)(H,29,31,32)/t16-,17+,18-,23+/m0/s1. The maximum Gasteiger partial charge on any atom is 0.251 e. The minimum atomic E-state index is -1.49. The number of rotatable bonds is 6. The van der Waals surface area contributed by atoms with Crippen molar-refractivity contribution in [2.45, 2.75) is 31.1 Å². The molecule has 0 saturated carbocycles. The average molecular weight is 532 g/mol. The minimum Gasteiger partial charge on any atom is -0.387 e. The van der Waals surface area contributed by atoms with Crippen LogP contribution in [0.4, 0.5) is 14.6 Å². The number of amides is 1. The van der Waals surface area contributed by atoms with Crippen LogP contribution in [0.2, 0.25) is 5.02 Å². The molecule has 192 valence electrons. The third kappa shape index (κ3) is 4.69. The molecule has 5 rings (SSSR count). The highest BCUT2D eigenvalue weighted by Crippen LogP contribution is 2.34. The lowest BCUT2D eigenvalue weighted by molar-refractivity contribution is -0.137. The van der Waals surface area contributed by atoms with Crippen LogP contribution in [0.3, 0.4) is 0 Å². The van der Waals surface area contributed by atoms with E-state index in [1.165, 1.54) is 36.4 Å². The van der Waals surface area contributed by atoms with Crippen LogP contribution in [0.1, 0.15) is 11.8 Å². The summed E-state index contributed by atoms with van der Waals surface area (Å²) >= 11 is 6.09. The molecular weight excluding hydrogens is 512 g/mol. The number of aliphatic hydroxyl groups excluding tert-OH is 2. The van der Waals surface area contributed by atoms with Crippen molar-refractivity contribution in [3.05, 3.63) is 65.2 Å². The van der Waals surface area contributed by atoms with Crippen molar-refractivity contribution < 1.29 is 28.5 Å².